The molecule has 3 rings (SSSR count). The predicted molar refractivity (Wildman–Crippen MR) is 86.1 cm³/mol. The molecule has 0 saturated carbocycles. The number of hydrogen-bond donors (Lipinski definition) is 0. The molecule has 0 spiro atoms. The lowest BCUT2D eigenvalue weighted by Crippen LogP contribution is -2.04. The summed E-state index contributed by atoms with van der Waals surface area (Å²) >= 11 is 6.02. The maximum absolute atomic E-state index is 11.3. The molecule has 0 radical (unpaired) electrons. The van der Waals surface area contributed by atoms with Crippen LogP contribution in [0.4, 0.5) is 0 Å². The molecule has 0 aliphatic rings. The fourth-order valence-corrected chi connectivity index (χ4v) is 2.63. The molecule has 0 fully saturated rings. The first-order chi connectivity index (χ1) is 10.7. The van der Waals surface area contributed by atoms with Gasteiger partial charge < -0.3 is 0 Å². The van der Waals surface area contributed by atoms with Crippen molar-refractivity contribution in [3.8, 4) is 11.3 Å². The summed E-state index contributed by atoms with van der Waals surface area (Å²) in [5.41, 5.74) is 4.11. The second kappa shape index (κ2) is 6.12. The van der Waals surface area contributed by atoms with Crippen molar-refractivity contribution in [1.29, 1.82) is 0 Å². The molecular formula is C17H14ClN3O. The second-order valence-electron chi connectivity index (χ2n) is 5.10. The Morgan fingerprint density at radius 1 is 1.18 bits per heavy atom. The summed E-state index contributed by atoms with van der Waals surface area (Å²) in [5.74, 6) is 0. The molecule has 0 N–H and O–H groups in total. The van der Waals surface area contributed by atoms with Crippen molar-refractivity contribution in [2.45, 2.75) is 13.5 Å². The molecule has 4 nitrogen and oxygen atoms in total. The molecule has 0 saturated heterocycles. The Morgan fingerprint density at radius 3 is 2.73 bits per heavy atom. The van der Waals surface area contributed by atoms with Gasteiger partial charge in [-0.05, 0) is 30.7 Å². The van der Waals surface area contributed by atoms with Gasteiger partial charge in [-0.1, -0.05) is 52.7 Å². The van der Waals surface area contributed by atoms with Crippen LogP contribution in [0.25, 0.3) is 11.3 Å². The van der Waals surface area contributed by atoms with Crippen molar-refractivity contribution in [2.24, 2.45) is 0 Å². The van der Waals surface area contributed by atoms with E-state index in [9.17, 15) is 4.79 Å². The topological polar surface area (TPSA) is 47.8 Å². The van der Waals surface area contributed by atoms with E-state index in [-0.39, 0.29) is 0 Å². The Bertz CT molecular complexity index is 826. The minimum Gasteiger partial charge on any atom is -0.296 e. The van der Waals surface area contributed by atoms with E-state index < -0.39 is 0 Å². The van der Waals surface area contributed by atoms with E-state index in [1.807, 2.05) is 55.5 Å². The molecule has 2 aromatic carbocycles. The van der Waals surface area contributed by atoms with E-state index in [2.05, 4.69) is 10.3 Å². The van der Waals surface area contributed by atoms with Crippen LogP contribution in [-0.2, 0) is 6.54 Å². The summed E-state index contributed by atoms with van der Waals surface area (Å²) in [5, 5.41) is 8.75. The average Bonchev–Trinajstić information content (AvgIpc) is 2.90. The van der Waals surface area contributed by atoms with E-state index in [1.54, 1.807) is 4.68 Å². The standard InChI is InChI=1S/C17H14ClN3O/c1-12-4-2-6-14(8-12)17-16(11-22)19-20-21(17)10-13-5-3-7-15(18)9-13/h2-9,11H,10H2,1H3. The number of nitrogens with zero attached hydrogens (tertiary/aromatic N) is 3. The van der Waals surface area contributed by atoms with Gasteiger partial charge in [0.2, 0.25) is 0 Å². The van der Waals surface area contributed by atoms with Crippen LogP contribution in [0.2, 0.25) is 5.02 Å². The average molecular weight is 312 g/mol. The van der Waals surface area contributed by atoms with E-state index in [1.165, 1.54) is 0 Å². The van der Waals surface area contributed by atoms with Gasteiger partial charge in [0.1, 0.15) is 0 Å². The van der Waals surface area contributed by atoms with Gasteiger partial charge in [-0.2, -0.15) is 0 Å². The van der Waals surface area contributed by atoms with Crippen molar-refractivity contribution >= 4 is 17.9 Å². The maximum Gasteiger partial charge on any atom is 0.172 e. The van der Waals surface area contributed by atoms with Crippen LogP contribution in [0.15, 0.2) is 48.5 Å². The summed E-state index contributed by atoms with van der Waals surface area (Å²) in [6, 6.07) is 15.5. The molecule has 0 unspecified atom stereocenters. The largest absolute Gasteiger partial charge is 0.296 e. The molecule has 5 heteroatoms. The zero-order valence-electron chi connectivity index (χ0n) is 12.0. The molecule has 110 valence electrons. The summed E-state index contributed by atoms with van der Waals surface area (Å²) in [6.07, 6.45) is 0.735. The van der Waals surface area contributed by atoms with Crippen LogP contribution < -0.4 is 0 Å². The number of aldehydes is 1. The number of halogens is 1. The van der Waals surface area contributed by atoms with E-state index in [4.69, 9.17) is 11.6 Å². The van der Waals surface area contributed by atoms with Crippen LogP contribution in [0.3, 0.4) is 0 Å². The molecular weight excluding hydrogens is 298 g/mol. The van der Waals surface area contributed by atoms with Crippen LogP contribution in [-0.4, -0.2) is 21.3 Å². The SMILES string of the molecule is Cc1cccc(-c2c(C=O)nnn2Cc2cccc(Cl)c2)c1. The van der Waals surface area contributed by atoms with Crippen LogP contribution in [0.1, 0.15) is 21.6 Å². The first-order valence-corrected chi connectivity index (χ1v) is 7.25. The Labute approximate surface area is 133 Å². The lowest BCUT2D eigenvalue weighted by atomic mass is 10.1. The summed E-state index contributed by atoms with van der Waals surface area (Å²) in [6.45, 7) is 2.51. The molecule has 0 bridgehead atoms. The van der Waals surface area contributed by atoms with Gasteiger partial charge in [0, 0.05) is 10.6 Å². The Balaban J connectivity index is 2.06. The van der Waals surface area contributed by atoms with Crippen molar-refractivity contribution < 1.29 is 4.79 Å². The Hall–Kier alpha value is -2.46. The monoisotopic (exact) mass is 311 g/mol. The highest BCUT2D eigenvalue weighted by Gasteiger charge is 2.15. The first-order valence-electron chi connectivity index (χ1n) is 6.87. The van der Waals surface area contributed by atoms with E-state index >= 15 is 0 Å². The molecule has 0 amide bonds. The minimum absolute atomic E-state index is 0.340. The minimum atomic E-state index is 0.340. The molecule has 0 atom stereocenters. The number of carbonyl (C=O) groups excluding carboxylic acids is 1. The van der Waals surface area contributed by atoms with Crippen molar-refractivity contribution in [1.82, 2.24) is 15.0 Å². The predicted octanol–water partition coefficient (Wildman–Crippen LogP) is 3.77. The quantitative estimate of drug-likeness (QED) is 0.689. The van der Waals surface area contributed by atoms with Gasteiger partial charge in [0.15, 0.2) is 12.0 Å². The van der Waals surface area contributed by atoms with E-state index in [0.717, 1.165) is 28.7 Å². The van der Waals surface area contributed by atoms with Gasteiger partial charge in [0.05, 0.1) is 12.2 Å². The number of aryl methyl sites for hydroxylation is 1. The number of benzene rings is 2. The number of carbonyl (C=O) groups is 1. The number of rotatable bonds is 4. The van der Waals surface area contributed by atoms with Crippen LogP contribution >= 0.6 is 11.6 Å². The van der Waals surface area contributed by atoms with Crippen molar-refractivity contribution in [3.63, 3.8) is 0 Å². The van der Waals surface area contributed by atoms with Gasteiger partial charge in [0.25, 0.3) is 0 Å². The van der Waals surface area contributed by atoms with Crippen molar-refractivity contribution in [2.75, 3.05) is 0 Å². The molecule has 0 aliphatic carbocycles. The fourth-order valence-electron chi connectivity index (χ4n) is 2.41. The van der Waals surface area contributed by atoms with Gasteiger partial charge in [-0.3, -0.25) is 4.79 Å². The van der Waals surface area contributed by atoms with Gasteiger partial charge >= 0.3 is 0 Å². The molecule has 1 heterocycles. The zero-order valence-corrected chi connectivity index (χ0v) is 12.8. The highest BCUT2D eigenvalue weighted by Crippen LogP contribution is 2.23. The summed E-state index contributed by atoms with van der Waals surface area (Å²) < 4.78 is 1.73. The number of aromatic nitrogens is 3. The highest BCUT2D eigenvalue weighted by atomic mass is 35.5. The normalized spacial score (nSPS) is 10.6. The van der Waals surface area contributed by atoms with Crippen LogP contribution in [0, 0.1) is 6.92 Å². The van der Waals surface area contributed by atoms with E-state index in [0.29, 0.717) is 17.3 Å². The zero-order chi connectivity index (χ0) is 15.5. The number of hydrogen-bond acceptors (Lipinski definition) is 3. The molecule has 3 aromatic rings. The third kappa shape index (κ3) is 2.92. The lowest BCUT2D eigenvalue weighted by molar-refractivity contribution is 0.111. The van der Waals surface area contributed by atoms with Gasteiger partial charge in [-0.25, -0.2) is 4.68 Å². The molecule has 0 aliphatic heterocycles. The van der Waals surface area contributed by atoms with Crippen molar-refractivity contribution in [3.05, 3.63) is 70.4 Å². The smallest absolute Gasteiger partial charge is 0.172 e. The van der Waals surface area contributed by atoms with Crippen LogP contribution in [0.5, 0.6) is 0 Å². The summed E-state index contributed by atoms with van der Waals surface area (Å²) in [7, 11) is 0. The fraction of sp³-hybridized carbons (Fsp3) is 0.118. The first kappa shape index (κ1) is 14.5. The maximum atomic E-state index is 11.3. The third-order valence-electron chi connectivity index (χ3n) is 3.39. The third-order valence-corrected chi connectivity index (χ3v) is 3.62. The van der Waals surface area contributed by atoms with Gasteiger partial charge in [-0.15, -0.1) is 5.10 Å². The Kier molecular flexibility index (Phi) is 4.02. The lowest BCUT2D eigenvalue weighted by Gasteiger charge is -2.08. The molecule has 22 heavy (non-hydrogen) atoms. The summed E-state index contributed by atoms with van der Waals surface area (Å²) in [4.78, 5) is 11.3. The molecule has 1 aromatic heterocycles. The Morgan fingerprint density at radius 2 is 2.00 bits per heavy atom. The highest BCUT2D eigenvalue weighted by molar-refractivity contribution is 6.30. The second-order valence-corrected chi connectivity index (χ2v) is 5.53.